The molecule has 0 radical (unpaired) electrons. The number of hydrogen-bond acceptors (Lipinski definition) is 2. The van der Waals surface area contributed by atoms with Crippen LogP contribution in [0.4, 0.5) is 0 Å². The minimum atomic E-state index is -0.0965. The van der Waals surface area contributed by atoms with Crippen molar-refractivity contribution >= 4 is 28.9 Å². The fourth-order valence-corrected chi connectivity index (χ4v) is 2.24. The maximum atomic E-state index is 10.7. The second kappa shape index (κ2) is 3.75. The largest absolute Gasteiger partial charge is 0.304 e. The summed E-state index contributed by atoms with van der Waals surface area (Å²) in [6.07, 6.45) is 2.00. The second-order valence-corrected chi connectivity index (χ2v) is 4.41. The van der Waals surface area contributed by atoms with Crippen molar-refractivity contribution in [3.05, 3.63) is 32.9 Å². The van der Waals surface area contributed by atoms with E-state index in [0.717, 1.165) is 24.8 Å². The fourth-order valence-electron chi connectivity index (χ4n) is 1.69. The van der Waals surface area contributed by atoms with E-state index in [2.05, 4.69) is 34.0 Å². The summed E-state index contributed by atoms with van der Waals surface area (Å²) in [5, 5.41) is 3.17. The monoisotopic (exact) mass is 287 g/mol. The molecule has 0 saturated heterocycles. The number of carbonyl (C=O) groups excluding carboxylic acids is 1. The Morgan fingerprint density at radius 1 is 1.54 bits per heavy atom. The molecule has 1 heterocycles. The van der Waals surface area contributed by atoms with Gasteiger partial charge in [0.25, 0.3) is 0 Å². The second-order valence-electron chi connectivity index (χ2n) is 3.16. The van der Waals surface area contributed by atoms with E-state index in [1.807, 2.05) is 12.1 Å². The summed E-state index contributed by atoms with van der Waals surface area (Å²) in [7, 11) is 0. The lowest BCUT2D eigenvalue weighted by molar-refractivity contribution is -0.109. The van der Waals surface area contributed by atoms with Crippen LogP contribution < -0.4 is 5.32 Å². The van der Waals surface area contributed by atoms with Gasteiger partial charge in [-0.05, 0) is 52.3 Å². The molecule has 1 aromatic rings. The Hall–Kier alpha value is -0.420. The minimum absolute atomic E-state index is 0.0965. The number of fused-ring (bicyclic) bond motifs is 1. The van der Waals surface area contributed by atoms with Crippen molar-refractivity contribution in [3.8, 4) is 0 Å². The molecule has 1 aliphatic heterocycles. The SMILES string of the molecule is O=CC1NCCc2cc(I)ccc21. The maximum Gasteiger partial charge on any atom is 0.141 e. The first-order valence-electron chi connectivity index (χ1n) is 4.28. The third kappa shape index (κ3) is 1.76. The topological polar surface area (TPSA) is 29.1 Å². The van der Waals surface area contributed by atoms with E-state index in [9.17, 15) is 4.79 Å². The molecule has 0 aromatic heterocycles. The van der Waals surface area contributed by atoms with Crippen LogP contribution in [0.5, 0.6) is 0 Å². The lowest BCUT2D eigenvalue weighted by Crippen LogP contribution is -2.30. The summed E-state index contributed by atoms with van der Waals surface area (Å²) >= 11 is 2.30. The van der Waals surface area contributed by atoms with Gasteiger partial charge in [-0.2, -0.15) is 0 Å². The van der Waals surface area contributed by atoms with Gasteiger partial charge in [0, 0.05) is 10.1 Å². The smallest absolute Gasteiger partial charge is 0.141 e. The van der Waals surface area contributed by atoms with Gasteiger partial charge in [-0.15, -0.1) is 0 Å². The van der Waals surface area contributed by atoms with Crippen LogP contribution in [0, 0.1) is 3.57 Å². The van der Waals surface area contributed by atoms with Crippen LogP contribution in [-0.2, 0) is 11.2 Å². The lowest BCUT2D eigenvalue weighted by Gasteiger charge is -2.22. The third-order valence-electron chi connectivity index (χ3n) is 2.33. The molecule has 1 aliphatic rings. The standard InChI is InChI=1S/C10H10INO/c11-8-1-2-9-7(5-8)3-4-12-10(9)6-13/h1-2,5-6,10,12H,3-4H2. The molecule has 0 fully saturated rings. The Labute approximate surface area is 90.9 Å². The Bertz CT molecular complexity index is 338. The normalized spacial score (nSPS) is 20.8. The van der Waals surface area contributed by atoms with Gasteiger partial charge in [-0.25, -0.2) is 0 Å². The first kappa shape index (κ1) is 9.15. The average Bonchev–Trinajstić information content (AvgIpc) is 2.16. The number of halogens is 1. The minimum Gasteiger partial charge on any atom is -0.304 e. The molecular formula is C10H10INO. The molecule has 2 rings (SSSR count). The molecule has 1 aromatic carbocycles. The van der Waals surface area contributed by atoms with Gasteiger partial charge >= 0.3 is 0 Å². The summed E-state index contributed by atoms with van der Waals surface area (Å²) in [5.41, 5.74) is 2.45. The van der Waals surface area contributed by atoms with E-state index < -0.39 is 0 Å². The highest BCUT2D eigenvalue weighted by Gasteiger charge is 2.18. The molecule has 0 spiro atoms. The first-order valence-corrected chi connectivity index (χ1v) is 5.36. The molecule has 0 saturated carbocycles. The Morgan fingerprint density at radius 3 is 3.15 bits per heavy atom. The predicted molar refractivity (Wildman–Crippen MR) is 59.7 cm³/mol. The van der Waals surface area contributed by atoms with E-state index >= 15 is 0 Å². The number of hydrogen-bond donors (Lipinski definition) is 1. The average molecular weight is 287 g/mol. The highest BCUT2D eigenvalue weighted by Crippen LogP contribution is 2.23. The zero-order valence-corrected chi connectivity index (χ0v) is 9.24. The summed E-state index contributed by atoms with van der Waals surface area (Å²) in [5.74, 6) is 0. The van der Waals surface area contributed by atoms with Crippen LogP contribution in [0.1, 0.15) is 17.2 Å². The molecule has 2 nitrogen and oxygen atoms in total. The highest BCUT2D eigenvalue weighted by molar-refractivity contribution is 14.1. The van der Waals surface area contributed by atoms with Crippen molar-refractivity contribution in [1.82, 2.24) is 5.32 Å². The molecule has 68 valence electrons. The Morgan fingerprint density at radius 2 is 2.38 bits per heavy atom. The number of rotatable bonds is 1. The van der Waals surface area contributed by atoms with Crippen molar-refractivity contribution in [2.24, 2.45) is 0 Å². The number of benzene rings is 1. The van der Waals surface area contributed by atoms with Crippen molar-refractivity contribution in [1.29, 1.82) is 0 Å². The number of carbonyl (C=O) groups is 1. The van der Waals surface area contributed by atoms with E-state index in [1.54, 1.807) is 0 Å². The van der Waals surface area contributed by atoms with Gasteiger partial charge < -0.3 is 10.1 Å². The predicted octanol–water partition coefficient (Wildman–Crippen LogP) is 1.68. The molecule has 0 aliphatic carbocycles. The zero-order valence-electron chi connectivity index (χ0n) is 7.09. The van der Waals surface area contributed by atoms with Crippen molar-refractivity contribution in [2.75, 3.05) is 6.54 Å². The number of aldehydes is 1. The summed E-state index contributed by atoms with van der Waals surface area (Å²) in [6, 6.07) is 6.15. The quantitative estimate of drug-likeness (QED) is 0.629. The van der Waals surface area contributed by atoms with Gasteiger partial charge in [0.1, 0.15) is 6.29 Å². The zero-order chi connectivity index (χ0) is 9.26. The van der Waals surface area contributed by atoms with Gasteiger partial charge in [0.05, 0.1) is 6.04 Å². The highest BCUT2D eigenvalue weighted by atomic mass is 127. The maximum absolute atomic E-state index is 10.7. The molecule has 3 heteroatoms. The Kier molecular flexibility index (Phi) is 2.64. The van der Waals surface area contributed by atoms with Crippen molar-refractivity contribution < 1.29 is 4.79 Å². The van der Waals surface area contributed by atoms with Crippen LogP contribution in [0.2, 0.25) is 0 Å². The molecule has 1 atom stereocenters. The van der Waals surface area contributed by atoms with Crippen LogP contribution in [0.3, 0.4) is 0 Å². The lowest BCUT2D eigenvalue weighted by atomic mass is 9.95. The van der Waals surface area contributed by atoms with E-state index in [1.165, 1.54) is 9.13 Å². The van der Waals surface area contributed by atoms with Crippen LogP contribution in [0.25, 0.3) is 0 Å². The molecular weight excluding hydrogens is 277 g/mol. The van der Waals surface area contributed by atoms with E-state index in [4.69, 9.17) is 0 Å². The molecule has 0 bridgehead atoms. The number of nitrogens with one attached hydrogen (secondary N) is 1. The molecule has 13 heavy (non-hydrogen) atoms. The van der Waals surface area contributed by atoms with Gasteiger partial charge in [0.2, 0.25) is 0 Å². The van der Waals surface area contributed by atoms with Crippen molar-refractivity contribution in [3.63, 3.8) is 0 Å². The first-order chi connectivity index (χ1) is 6.31. The fraction of sp³-hybridized carbons (Fsp3) is 0.300. The van der Waals surface area contributed by atoms with E-state index in [-0.39, 0.29) is 6.04 Å². The van der Waals surface area contributed by atoms with Crippen LogP contribution in [0.15, 0.2) is 18.2 Å². The van der Waals surface area contributed by atoms with Crippen molar-refractivity contribution in [2.45, 2.75) is 12.5 Å². The van der Waals surface area contributed by atoms with Crippen LogP contribution in [-0.4, -0.2) is 12.8 Å². The summed E-state index contributed by atoms with van der Waals surface area (Å²) in [6.45, 7) is 0.899. The van der Waals surface area contributed by atoms with Gasteiger partial charge in [-0.1, -0.05) is 6.07 Å². The molecule has 1 unspecified atom stereocenters. The molecule has 0 amide bonds. The summed E-state index contributed by atoms with van der Waals surface area (Å²) in [4.78, 5) is 10.7. The van der Waals surface area contributed by atoms with Crippen LogP contribution >= 0.6 is 22.6 Å². The Balaban J connectivity index is 2.45. The van der Waals surface area contributed by atoms with Gasteiger partial charge in [-0.3, -0.25) is 0 Å². The van der Waals surface area contributed by atoms with Gasteiger partial charge in [0.15, 0.2) is 0 Å². The van der Waals surface area contributed by atoms with E-state index in [0.29, 0.717) is 0 Å². The summed E-state index contributed by atoms with van der Waals surface area (Å²) < 4.78 is 1.24. The third-order valence-corrected chi connectivity index (χ3v) is 3.01. The molecule has 1 N–H and O–H groups in total.